The monoisotopic (exact) mass is 404 g/mol. The van der Waals surface area contributed by atoms with Crippen molar-refractivity contribution in [3.63, 3.8) is 0 Å². The lowest BCUT2D eigenvalue weighted by Crippen LogP contribution is -2.50. The molecule has 0 spiro atoms. The lowest BCUT2D eigenvalue weighted by molar-refractivity contribution is 0.498. The fourth-order valence-electron chi connectivity index (χ4n) is 1.83. The Bertz CT molecular complexity index is 426. The van der Waals surface area contributed by atoms with Crippen LogP contribution in [0.3, 0.4) is 0 Å². The van der Waals surface area contributed by atoms with Gasteiger partial charge in [0.05, 0.1) is 0 Å². The maximum atomic E-state index is 4.25. The smallest absolute Gasteiger partial charge is 0.191 e. The highest BCUT2D eigenvalue weighted by Gasteiger charge is 2.14. The van der Waals surface area contributed by atoms with Crippen molar-refractivity contribution in [2.45, 2.75) is 39.3 Å². The first-order valence-electron chi connectivity index (χ1n) is 7.10. The lowest BCUT2D eigenvalue weighted by Gasteiger charge is -2.29. The summed E-state index contributed by atoms with van der Waals surface area (Å²) in [6.07, 6.45) is 0. The molecule has 2 N–H and O–H groups in total. The third-order valence-corrected chi connectivity index (χ3v) is 3.11. The first-order valence-corrected chi connectivity index (χ1v) is 7.10. The second-order valence-electron chi connectivity index (χ2n) is 6.12. The first kappa shape index (κ1) is 20.0. The van der Waals surface area contributed by atoms with Crippen molar-refractivity contribution >= 4 is 35.6 Å². The number of halogens is 1. The average molecular weight is 404 g/mol. The van der Waals surface area contributed by atoms with Crippen LogP contribution in [0.15, 0.2) is 35.3 Å². The molecule has 4 nitrogen and oxygen atoms in total. The predicted molar refractivity (Wildman–Crippen MR) is 104 cm³/mol. The van der Waals surface area contributed by atoms with Crippen LogP contribution in [0.1, 0.15) is 27.7 Å². The second kappa shape index (κ2) is 9.12. The molecule has 0 aliphatic rings. The van der Waals surface area contributed by atoms with Crippen molar-refractivity contribution in [2.24, 2.45) is 4.99 Å². The summed E-state index contributed by atoms with van der Waals surface area (Å²) in [5.41, 5.74) is 1.23. The fraction of sp³-hybridized carbons (Fsp3) is 0.562. The van der Waals surface area contributed by atoms with E-state index >= 15 is 0 Å². The van der Waals surface area contributed by atoms with Gasteiger partial charge in [0.25, 0.3) is 0 Å². The van der Waals surface area contributed by atoms with Crippen LogP contribution in [0.4, 0.5) is 5.69 Å². The number of hydrogen-bond acceptors (Lipinski definition) is 2. The molecular weight excluding hydrogens is 375 g/mol. The number of likely N-dealkylation sites (N-methyl/N-ethyl adjacent to an activating group) is 1. The van der Waals surface area contributed by atoms with E-state index in [0.717, 1.165) is 12.5 Å². The Morgan fingerprint density at radius 2 is 1.81 bits per heavy atom. The molecule has 21 heavy (non-hydrogen) atoms. The Kier molecular flexibility index (Phi) is 8.70. The van der Waals surface area contributed by atoms with Gasteiger partial charge in [0, 0.05) is 37.9 Å². The number of nitrogens with zero attached hydrogens (tertiary/aromatic N) is 2. The summed E-state index contributed by atoms with van der Waals surface area (Å²) in [4.78, 5) is 6.51. The van der Waals surface area contributed by atoms with E-state index in [-0.39, 0.29) is 29.5 Å². The van der Waals surface area contributed by atoms with Gasteiger partial charge in [-0.25, -0.2) is 0 Å². The minimum Gasteiger partial charge on any atom is -0.370 e. The Morgan fingerprint density at radius 1 is 1.24 bits per heavy atom. The molecule has 1 aromatic carbocycles. The third kappa shape index (κ3) is 7.55. The summed E-state index contributed by atoms with van der Waals surface area (Å²) in [5.74, 6) is 0.839. The zero-order valence-corrected chi connectivity index (χ0v) is 16.3. The quantitative estimate of drug-likeness (QED) is 0.460. The Balaban J connectivity index is 0.00000400. The first-order chi connectivity index (χ1) is 9.33. The van der Waals surface area contributed by atoms with Gasteiger partial charge in [-0.2, -0.15) is 0 Å². The summed E-state index contributed by atoms with van der Waals surface area (Å²) in [7, 11) is 3.91. The van der Waals surface area contributed by atoms with Crippen LogP contribution in [0, 0.1) is 0 Å². The third-order valence-electron chi connectivity index (χ3n) is 3.11. The predicted octanol–water partition coefficient (Wildman–Crippen LogP) is 3.09. The zero-order valence-electron chi connectivity index (χ0n) is 14.0. The Morgan fingerprint density at radius 3 is 2.29 bits per heavy atom. The van der Waals surface area contributed by atoms with Crippen LogP contribution in [0.5, 0.6) is 0 Å². The molecule has 1 atom stereocenters. The number of rotatable bonds is 4. The van der Waals surface area contributed by atoms with Crippen LogP contribution < -0.4 is 15.5 Å². The number of nitrogens with one attached hydrogen (secondary N) is 2. The molecule has 120 valence electrons. The Hall–Kier alpha value is -0.980. The van der Waals surface area contributed by atoms with E-state index in [9.17, 15) is 0 Å². The van der Waals surface area contributed by atoms with E-state index in [4.69, 9.17) is 0 Å². The van der Waals surface area contributed by atoms with E-state index in [0.29, 0.717) is 6.04 Å². The van der Waals surface area contributed by atoms with Gasteiger partial charge in [0.15, 0.2) is 5.96 Å². The van der Waals surface area contributed by atoms with Crippen molar-refractivity contribution < 1.29 is 0 Å². The summed E-state index contributed by atoms with van der Waals surface area (Å²) in [5, 5.41) is 6.73. The highest BCUT2D eigenvalue weighted by atomic mass is 127. The van der Waals surface area contributed by atoms with Gasteiger partial charge < -0.3 is 15.5 Å². The van der Waals surface area contributed by atoms with Crippen LogP contribution in [0.2, 0.25) is 0 Å². The molecule has 0 aromatic heterocycles. The lowest BCUT2D eigenvalue weighted by atomic mass is 10.1. The highest BCUT2D eigenvalue weighted by molar-refractivity contribution is 14.0. The van der Waals surface area contributed by atoms with Crippen LogP contribution in [0.25, 0.3) is 0 Å². The summed E-state index contributed by atoms with van der Waals surface area (Å²) < 4.78 is 0. The van der Waals surface area contributed by atoms with Gasteiger partial charge in [0.2, 0.25) is 0 Å². The molecule has 1 rings (SSSR count). The highest BCUT2D eigenvalue weighted by Crippen LogP contribution is 2.13. The van der Waals surface area contributed by atoms with E-state index < -0.39 is 0 Å². The molecule has 0 bridgehead atoms. The maximum absolute atomic E-state index is 4.25. The largest absolute Gasteiger partial charge is 0.370 e. The van der Waals surface area contributed by atoms with Crippen molar-refractivity contribution in [2.75, 3.05) is 25.5 Å². The number of hydrogen-bond donors (Lipinski definition) is 2. The number of aliphatic imine (C=N–C) groups is 1. The van der Waals surface area contributed by atoms with E-state index in [2.05, 4.69) is 79.5 Å². The number of para-hydroxylation sites is 1. The van der Waals surface area contributed by atoms with Gasteiger partial charge >= 0.3 is 0 Å². The summed E-state index contributed by atoms with van der Waals surface area (Å²) in [6.45, 7) is 9.41. The maximum Gasteiger partial charge on any atom is 0.191 e. The van der Waals surface area contributed by atoms with Gasteiger partial charge in [-0.1, -0.05) is 18.2 Å². The molecule has 5 heteroatoms. The molecular formula is C16H29IN4. The van der Waals surface area contributed by atoms with Gasteiger partial charge in [0.1, 0.15) is 0 Å². The molecule has 0 aliphatic heterocycles. The Labute approximate surface area is 146 Å². The molecule has 0 saturated carbocycles. The molecule has 0 saturated heterocycles. The van der Waals surface area contributed by atoms with E-state index in [1.165, 1.54) is 5.69 Å². The minimum atomic E-state index is 0. The minimum absolute atomic E-state index is 0. The van der Waals surface area contributed by atoms with Gasteiger partial charge in [-0.15, -0.1) is 24.0 Å². The number of anilines is 1. The SMILES string of the molecule is CN=C(NCC(C)N(C)c1ccccc1)NC(C)(C)C.I. The standard InChI is InChI=1S/C16H28N4.HI/c1-13(20(6)14-10-8-7-9-11-14)12-18-15(17-5)19-16(2,3)4;/h7-11,13H,12H2,1-6H3,(H2,17,18,19);1H. The van der Waals surface area contributed by atoms with E-state index in [1.54, 1.807) is 7.05 Å². The van der Waals surface area contributed by atoms with Crippen molar-refractivity contribution in [3.8, 4) is 0 Å². The van der Waals surface area contributed by atoms with Crippen molar-refractivity contribution in [3.05, 3.63) is 30.3 Å². The molecule has 0 heterocycles. The fourth-order valence-corrected chi connectivity index (χ4v) is 1.83. The molecule has 1 aromatic rings. The van der Waals surface area contributed by atoms with Gasteiger partial charge in [-0.3, -0.25) is 4.99 Å². The summed E-state index contributed by atoms with van der Waals surface area (Å²) in [6, 6.07) is 10.8. The van der Waals surface area contributed by atoms with E-state index in [1.807, 2.05) is 6.07 Å². The molecule has 0 fully saturated rings. The van der Waals surface area contributed by atoms with Crippen molar-refractivity contribution in [1.29, 1.82) is 0 Å². The van der Waals surface area contributed by atoms with Crippen molar-refractivity contribution in [1.82, 2.24) is 10.6 Å². The second-order valence-corrected chi connectivity index (χ2v) is 6.12. The molecule has 1 unspecified atom stereocenters. The molecule has 0 amide bonds. The number of benzene rings is 1. The van der Waals surface area contributed by atoms with Crippen LogP contribution in [-0.2, 0) is 0 Å². The normalized spacial score (nSPS) is 13.1. The topological polar surface area (TPSA) is 39.7 Å². The summed E-state index contributed by atoms with van der Waals surface area (Å²) >= 11 is 0. The zero-order chi connectivity index (χ0) is 15.2. The average Bonchev–Trinajstić information content (AvgIpc) is 2.42. The van der Waals surface area contributed by atoms with Crippen LogP contribution >= 0.6 is 24.0 Å². The van der Waals surface area contributed by atoms with Gasteiger partial charge in [-0.05, 0) is 39.8 Å². The van der Waals surface area contributed by atoms with Crippen LogP contribution in [-0.4, -0.2) is 38.2 Å². The molecule has 0 aliphatic carbocycles. The molecule has 0 radical (unpaired) electrons. The number of guanidine groups is 1.